The molecule has 1 N–H and O–H groups in total. The van der Waals surface area contributed by atoms with Gasteiger partial charge in [0.2, 0.25) is 0 Å². The number of ether oxygens (including phenoxy) is 1. The minimum Gasteiger partial charge on any atom is -0.491 e. The molecular weight excluding hydrogens is 216 g/mol. The van der Waals surface area contributed by atoms with Gasteiger partial charge in [-0.15, -0.1) is 0 Å². The van der Waals surface area contributed by atoms with Crippen molar-refractivity contribution in [2.75, 3.05) is 6.61 Å². The highest BCUT2D eigenvalue weighted by Gasteiger charge is 2.28. The molecule has 1 rings (SSSR count). The van der Waals surface area contributed by atoms with Crippen LogP contribution in [-0.2, 0) is 4.79 Å². The number of benzene rings is 1. The Morgan fingerprint density at radius 3 is 2.60 bits per heavy atom. The highest BCUT2D eigenvalue weighted by atomic mass is 35.5. The molecule has 4 heteroatoms. The van der Waals surface area contributed by atoms with E-state index in [4.69, 9.17) is 21.4 Å². The van der Waals surface area contributed by atoms with Crippen molar-refractivity contribution >= 4 is 17.6 Å². The molecule has 15 heavy (non-hydrogen) atoms. The number of halogens is 1. The smallest absolute Gasteiger partial charge is 0.312 e. The lowest BCUT2D eigenvalue weighted by Crippen LogP contribution is -2.30. The van der Waals surface area contributed by atoms with Gasteiger partial charge in [0, 0.05) is 0 Å². The van der Waals surface area contributed by atoms with Gasteiger partial charge in [-0.3, -0.25) is 4.79 Å². The van der Waals surface area contributed by atoms with Crippen LogP contribution in [0.3, 0.4) is 0 Å². The maximum absolute atomic E-state index is 10.8. The Labute approximate surface area is 93.6 Å². The predicted molar refractivity (Wildman–Crippen MR) is 58.4 cm³/mol. The summed E-state index contributed by atoms with van der Waals surface area (Å²) in [7, 11) is 0. The van der Waals surface area contributed by atoms with E-state index in [2.05, 4.69) is 0 Å². The number of carboxylic acids is 1. The van der Waals surface area contributed by atoms with Crippen LogP contribution in [0.25, 0.3) is 0 Å². The zero-order valence-electron chi connectivity index (χ0n) is 8.66. The fraction of sp³-hybridized carbons (Fsp3) is 0.364. The third kappa shape index (κ3) is 3.13. The molecule has 0 aliphatic carbocycles. The monoisotopic (exact) mass is 228 g/mol. The quantitative estimate of drug-likeness (QED) is 0.862. The SMILES string of the molecule is CC(C)(COc1ccccc1Cl)C(=O)O. The highest BCUT2D eigenvalue weighted by molar-refractivity contribution is 6.32. The predicted octanol–water partition coefficient (Wildman–Crippen LogP) is 2.83. The minimum absolute atomic E-state index is 0.0894. The fourth-order valence-corrected chi connectivity index (χ4v) is 1.07. The van der Waals surface area contributed by atoms with E-state index in [0.717, 1.165) is 0 Å². The van der Waals surface area contributed by atoms with Crippen molar-refractivity contribution in [2.45, 2.75) is 13.8 Å². The van der Waals surface area contributed by atoms with Crippen LogP contribution >= 0.6 is 11.6 Å². The number of aliphatic carboxylic acids is 1. The summed E-state index contributed by atoms with van der Waals surface area (Å²) in [5.41, 5.74) is -0.917. The summed E-state index contributed by atoms with van der Waals surface area (Å²) >= 11 is 5.86. The first-order chi connectivity index (χ1) is 6.93. The first-order valence-electron chi connectivity index (χ1n) is 4.54. The molecular formula is C11H13ClO3. The zero-order valence-corrected chi connectivity index (χ0v) is 9.41. The van der Waals surface area contributed by atoms with Crippen LogP contribution < -0.4 is 4.74 Å². The fourth-order valence-electron chi connectivity index (χ4n) is 0.882. The molecule has 0 bridgehead atoms. The van der Waals surface area contributed by atoms with Gasteiger partial charge in [0.05, 0.1) is 10.4 Å². The van der Waals surface area contributed by atoms with E-state index < -0.39 is 11.4 Å². The Morgan fingerprint density at radius 1 is 1.47 bits per heavy atom. The van der Waals surface area contributed by atoms with E-state index in [1.54, 1.807) is 38.1 Å². The number of carbonyl (C=O) groups is 1. The molecule has 0 spiro atoms. The molecule has 0 radical (unpaired) electrons. The van der Waals surface area contributed by atoms with E-state index >= 15 is 0 Å². The lowest BCUT2D eigenvalue weighted by atomic mass is 9.95. The van der Waals surface area contributed by atoms with Gasteiger partial charge in [0.25, 0.3) is 0 Å². The van der Waals surface area contributed by atoms with Crippen molar-refractivity contribution in [3.05, 3.63) is 29.3 Å². The third-order valence-corrected chi connectivity index (χ3v) is 2.32. The van der Waals surface area contributed by atoms with Crippen molar-refractivity contribution in [1.82, 2.24) is 0 Å². The molecule has 0 saturated carbocycles. The second kappa shape index (κ2) is 4.53. The summed E-state index contributed by atoms with van der Waals surface area (Å²) in [4.78, 5) is 10.8. The molecule has 0 aromatic heterocycles. The van der Waals surface area contributed by atoms with Crippen LogP contribution in [0.15, 0.2) is 24.3 Å². The number of hydrogen-bond acceptors (Lipinski definition) is 2. The van der Waals surface area contributed by atoms with E-state index in [-0.39, 0.29) is 6.61 Å². The van der Waals surface area contributed by atoms with Crippen molar-refractivity contribution in [3.63, 3.8) is 0 Å². The van der Waals surface area contributed by atoms with E-state index in [9.17, 15) is 4.79 Å². The topological polar surface area (TPSA) is 46.5 Å². The number of hydrogen-bond donors (Lipinski definition) is 1. The van der Waals surface area contributed by atoms with Gasteiger partial charge in [-0.25, -0.2) is 0 Å². The Bertz CT molecular complexity index is 361. The van der Waals surface area contributed by atoms with Gasteiger partial charge in [-0.05, 0) is 26.0 Å². The summed E-state index contributed by atoms with van der Waals surface area (Å²) in [5.74, 6) is -0.386. The maximum Gasteiger partial charge on any atom is 0.312 e. The standard InChI is InChI=1S/C11H13ClO3/c1-11(2,10(13)14)7-15-9-6-4-3-5-8(9)12/h3-6H,7H2,1-2H3,(H,13,14). The second-order valence-electron chi connectivity index (χ2n) is 3.91. The molecule has 3 nitrogen and oxygen atoms in total. The zero-order chi connectivity index (χ0) is 11.5. The highest BCUT2D eigenvalue weighted by Crippen LogP contribution is 2.25. The van der Waals surface area contributed by atoms with Gasteiger partial charge in [0.15, 0.2) is 0 Å². The molecule has 0 atom stereocenters. The molecule has 0 saturated heterocycles. The normalized spacial score (nSPS) is 11.1. The average molecular weight is 229 g/mol. The largest absolute Gasteiger partial charge is 0.491 e. The summed E-state index contributed by atoms with van der Waals surface area (Å²) in [6, 6.07) is 6.98. The van der Waals surface area contributed by atoms with Crippen LogP contribution in [0, 0.1) is 5.41 Å². The Hall–Kier alpha value is -1.22. The van der Waals surface area contributed by atoms with Crippen molar-refractivity contribution in [2.24, 2.45) is 5.41 Å². The van der Waals surface area contributed by atoms with Gasteiger partial charge < -0.3 is 9.84 Å². The third-order valence-electron chi connectivity index (χ3n) is 2.00. The molecule has 0 aliphatic heterocycles. The van der Waals surface area contributed by atoms with Gasteiger partial charge in [0.1, 0.15) is 12.4 Å². The van der Waals surface area contributed by atoms with E-state index in [1.807, 2.05) is 0 Å². The first kappa shape index (κ1) is 11.9. The molecule has 0 unspecified atom stereocenters. The molecule has 1 aromatic rings. The van der Waals surface area contributed by atoms with Gasteiger partial charge >= 0.3 is 5.97 Å². The van der Waals surface area contributed by atoms with Crippen molar-refractivity contribution in [1.29, 1.82) is 0 Å². The van der Waals surface area contributed by atoms with Crippen molar-refractivity contribution in [3.8, 4) is 5.75 Å². The lowest BCUT2D eigenvalue weighted by Gasteiger charge is -2.19. The average Bonchev–Trinajstić information content (AvgIpc) is 2.16. The van der Waals surface area contributed by atoms with Crippen LogP contribution in [0.2, 0.25) is 5.02 Å². The molecule has 0 amide bonds. The van der Waals surface area contributed by atoms with Gasteiger partial charge in [-0.2, -0.15) is 0 Å². The molecule has 0 heterocycles. The summed E-state index contributed by atoms with van der Waals surface area (Å²) in [5, 5.41) is 9.36. The Morgan fingerprint density at radius 2 is 2.07 bits per heavy atom. The maximum atomic E-state index is 10.8. The van der Waals surface area contributed by atoms with Crippen LogP contribution in [0.5, 0.6) is 5.75 Å². The number of para-hydroxylation sites is 1. The van der Waals surface area contributed by atoms with E-state index in [1.165, 1.54) is 0 Å². The first-order valence-corrected chi connectivity index (χ1v) is 4.92. The van der Waals surface area contributed by atoms with Crippen LogP contribution in [-0.4, -0.2) is 17.7 Å². The van der Waals surface area contributed by atoms with Crippen LogP contribution in [0.4, 0.5) is 0 Å². The van der Waals surface area contributed by atoms with Gasteiger partial charge in [-0.1, -0.05) is 23.7 Å². The van der Waals surface area contributed by atoms with Crippen LogP contribution in [0.1, 0.15) is 13.8 Å². The second-order valence-corrected chi connectivity index (χ2v) is 4.32. The Kier molecular flexibility index (Phi) is 3.58. The number of carboxylic acid groups (broad SMARTS) is 1. The summed E-state index contributed by atoms with van der Waals surface area (Å²) in [6.07, 6.45) is 0. The summed E-state index contributed by atoms with van der Waals surface area (Å²) in [6.45, 7) is 3.30. The molecule has 82 valence electrons. The molecule has 0 aliphatic rings. The minimum atomic E-state index is -0.917. The number of rotatable bonds is 4. The molecule has 0 fully saturated rings. The van der Waals surface area contributed by atoms with Crippen molar-refractivity contribution < 1.29 is 14.6 Å². The summed E-state index contributed by atoms with van der Waals surface area (Å²) < 4.78 is 5.35. The Balaban J connectivity index is 2.66. The molecule has 1 aromatic carbocycles. The van der Waals surface area contributed by atoms with E-state index in [0.29, 0.717) is 10.8 Å². The lowest BCUT2D eigenvalue weighted by molar-refractivity contribution is -0.148.